The summed E-state index contributed by atoms with van der Waals surface area (Å²) < 4.78 is 24.3. The van der Waals surface area contributed by atoms with E-state index in [1.165, 1.54) is 32.2 Å². The lowest BCUT2D eigenvalue weighted by Crippen LogP contribution is -2.53. The molecule has 0 spiro atoms. The fourth-order valence-electron chi connectivity index (χ4n) is 3.66. The van der Waals surface area contributed by atoms with Crippen molar-refractivity contribution in [1.82, 2.24) is 10.6 Å². The molecule has 0 radical (unpaired) electrons. The number of carbonyl (C=O) groups is 3. The van der Waals surface area contributed by atoms with Crippen LogP contribution < -0.4 is 15.4 Å². The molecule has 2 atom stereocenters. The summed E-state index contributed by atoms with van der Waals surface area (Å²) >= 11 is 0. The Kier molecular flexibility index (Phi) is 9.56. The Morgan fingerprint density at radius 3 is 2.11 bits per heavy atom. The molecule has 0 unspecified atom stereocenters. The lowest BCUT2D eigenvalue weighted by molar-refractivity contribution is -0.145. The van der Waals surface area contributed by atoms with Crippen LogP contribution in [0.4, 0.5) is 4.39 Å². The smallest absolute Gasteiger partial charge is 0.328 e. The molecule has 3 rings (SSSR count). The van der Waals surface area contributed by atoms with Crippen LogP contribution in [0.5, 0.6) is 5.75 Å². The fraction of sp³-hybridized carbons (Fsp3) is 0.250. The predicted molar refractivity (Wildman–Crippen MR) is 133 cm³/mol. The van der Waals surface area contributed by atoms with Crippen molar-refractivity contribution >= 4 is 17.8 Å². The summed E-state index contributed by atoms with van der Waals surface area (Å²) in [4.78, 5) is 37.1. The summed E-state index contributed by atoms with van der Waals surface area (Å²) in [6.07, 6.45) is 0.231. The van der Waals surface area contributed by atoms with Gasteiger partial charge in [0.25, 0.3) is 0 Å². The van der Waals surface area contributed by atoms with Crippen molar-refractivity contribution in [2.24, 2.45) is 0 Å². The number of methoxy groups -OCH3 is 1. The van der Waals surface area contributed by atoms with E-state index in [9.17, 15) is 18.8 Å². The average molecular weight is 493 g/mol. The van der Waals surface area contributed by atoms with Crippen molar-refractivity contribution in [1.29, 1.82) is 0 Å². The molecule has 0 aliphatic rings. The Morgan fingerprint density at radius 2 is 1.47 bits per heavy atom. The first kappa shape index (κ1) is 26.4. The van der Waals surface area contributed by atoms with Gasteiger partial charge >= 0.3 is 5.97 Å². The van der Waals surface area contributed by atoms with Crippen LogP contribution in [0, 0.1) is 5.82 Å². The summed E-state index contributed by atoms with van der Waals surface area (Å²) in [5, 5.41) is 5.23. The number of amides is 2. The van der Waals surface area contributed by atoms with E-state index in [1.54, 1.807) is 30.3 Å². The van der Waals surface area contributed by atoms with E-state index in [2.05, 4.69) is 10.6 Å². The number of esters is 1. The molecular weight excluding hydrogens is 463 g/mol. The van der Waals surface area contributed by atoms with Crippen molar-refractivity contribution in [3.8, 4) is 5.75 Å². The average Bonchev–Trinajstić information content (AvgIpc) is 2.87. The van der Waals surface area contributed by atoms with Gasteiger partial charge in [0.15, 0.2) is 0 Å². The highest BCUT2D eigenvalue weighted by molar-refractivity contribution is 5.90. The summed E-state index contributed by atoms with van der Waals surface area (Å²) in [7, 11) is 1.24. The highest BCUT2D eigenvalue weighted by Crippen LogP contribution is 2.16. The quantitative estimate of drug-likeness (QED) is 0.401. The largest absolute Gasteiger partial charge is 0.489 e. The van der Waals surface area contributed by atoms with Crippen LogP contribution in [0.2, 0.25) is 0 Å². The third kappa shape index (κ3) is 8.23. The molecular formula is C28H29FN2O5. The first-order chi connectivity index (χ1) is 17.3. The van der Waals surface area contributed by atoms with Gasteiger partial charge in [-0.15, -0.1) is 0 Å². The molecule has 7 nitrogen and oxygen atoms in total. The number of halogens is 1. The van der Waals surface area contributed by atoms with Crippen molar-refractivity contribution in [2.75, 3.05) is 7.11 Å². The molecule has 188 valence electrons. The minimum absolute atomic E-state index is 0.0600. The monoisotopic (exact) mass is 492 g/mol. The molecule has 36 heavy (non-hydrogen) atoms. The number of hydrogen-bond acceptors (Lipinski definition) is 5. The van der Waals surface area contributed by atoms with Crippen molar-refractivity contribution < 1.29 is 28.2 Å². The van der Waals surface area contributed by atoms with Gasteiger partial charge in [0.05, 0.1) is 7.11 Å². The number of hydrogen-bond donors (Lipinski definition) is 2. The third-order valence-electron chi connectivity index (χ3n) is 5.44. The van der Waals surface area contributed by atoms with Gasteiger partial charge in [-0.1, -0.05) is 54.6 Å². The Balaban J connectivity index is 1.66. The van der Waals surface area contributed by atoms with Gasteiger partial charge in [-0.25, -0.2) is 9.18 Å². The zero-order valence-corrected chi connectivity index (χ0v) is 20.2. The molecule has 3 aromatic carbocycles. The lowest BCUT2D eigenvalue weighted by Gasteiger charge is -2.22. The summed E-state index contributed by atoms with van der Waals surface area (Å²) in [6.45, 7) is 1.71. The Hall–Kier alpha value is -4.20. The normalized spacial score (nSPS) is 12.2. The van der Waals surface area contributed by atoms with E-state index in [0.717, 1.165) is 11.1 Å². The summed E-state index contributed by atoms with van der Waals surface area (Å²) in [6, 6.07) is 20.8. The van der Waals surface area contributed by atoms with Crippen molar-refractivity contribution in [2.45, 2.75) is 38.5 Å². The maximum atomic E-state index is 13.6. The number of rotatable bonds is 11. The van der Waals surface area contributed by atoms with E-state index in [0.29, 0.717) is 17.9 Å². The van der Waals surface area contributed by atoms with Crippen LogP contribution in [0.3, 0.4) is 0 Å². The van der Waals surface area contributed by atoms with Crippen LogP contribution in [0.25, 0.3) is 0 Å². The number of carbonyl (C=O) groups excluding carboxylic acids is 3. The van der Waals surface area contributed by atoms with Gasteiger partial charge in [-0.2, -0.15) is 0 Å². The number of benzene rings is 3. The fourth-order valence-corrected chi connectivity index (χ4v) is 3.66. The zero-order valence-electron chi connectivity index (χ0n) is 20.2. The van der Waals surface area contributed by atoms with Crippen LogP contribution in [0.1, 0.15) is 23.6 Å². The second kappa shape index (κ2) is 13.0. The Morgan fingerprint density at radius 1 is 0.806 bits per heavy atom. The highest BCUT2D eigenvalue weighted by Gasteiger charge is 2.27. The molecule has 0 saturated carbocycles. The molecule has 0 aliphatic heterocycles. The van der Waals surface area contributed by atoms with Crippen molar-refractivity contribution in [3.63, 3.8) is 0 Å². The second-order valence-corrected chi connectivity index (χ2v) is 8.29. The van der Waals surface area contributed by atoms with Gasteiger partial charge in [0.2, 0.25) is 11.8 Å². The topological polar surface area (TPSA) is 93.7 Å². The first-order valence-electron chi connectivity index (χ1n) is 11.5. The molecule has 2 N–H and O–H groups in total. The summed E-state index contributed by atoms with van der Waals surface area (Å²) in [5.41, 5.74) is 2.35. The van der Waals surface area contributed by atoms with Crippen LogP contribution >= 0.6 is 0 Å². The third-order valence-corrected chi connectivity index (χ3v) is 5.44. The van der Waals surface area contributed by atoms with Gasteiger partial charge in [-0.3, -0.25) is 9.59 Å². The van der Waals surface area contributed by atoms with Crippen LogP contribution in [0.15, 0.2) is 78.9 Å². The Labute approximate surface area is 209 Å². The zero-order chi connectivity index (χ0) is 25.9. The van der Waals surface area contributed by atoms with E-state index in [4.69, 9.17) is 9.47 Å². The number of nitrogens with one attached hydrogen (secondary N) is 2. The van der Waals surface area contributed by atoms with E-state index in [1.807, 2.05) is 30.3 Å². The van der Waals surface area contributed by atoms with Gasteiger partial charge in [0.1, 0.15) is 30.3 Å². The van der Waals surface area contributed by atoms with Crippen LogP contribution in [-0.2, 0) is 38.6 Å². The maximum Gasteiger partial charge on any atom is 0.328 e. The Bertz CT molecular complexity index is 1170. The molecule has 2 amide bonds. The molecule has 8 heteroatoms. The second-order valence-electron chi connectivity index (χ2n) is 8.29. The molecule has 0 fully saturated rings. The highest BCUT2D eigenvalue weighted by atomic mass is 19.1. The van der Waals surface area contributed by atoms with Gasteiger partial charge < -0.3 is 20.1 Å². The minimum atomic E-state index is -0.995. The van der Waals surface area contributed by atoms with Crippen molar-refractivity contribution in [3.05, 3.63) is 101 Å². The maximum absolute atomic E-state index is 13.6. The first-order valence-corrected chi connectivity index (χ1v) is 11.5. The van der Waals surface area contributed by atoms with E-state index >= 15 is 0 Å². The molecule has 0 heterocycles. The molecule has 0 aliphatic carbocycles. The summed E-state index contributed by atoms with van der Waals surface area (Å²) in [5.74, 6) is -1.40. The predicted octanol–water partition coefficient (Wildman–Crippen LogP) is 3.35. The lowest BCUT2D eigenvalue weighted by atomic mass is 10.0. The van der Waals surface area contributed by atoms with Gasteiger partial charge in [-0.05, 0) is 41.0 Å². The van der Waals surface area contributed by atoms with E-state index in [-0.39, 0.29) is 12.8 Å². The molecule has 0 saturated heterocycles. The standard InChI is InChI=1S/C28H29FN2O5/c1-19(32)30-25(17-22-9-6-10-23(29)15-22)27(33)31-26(28(34)35-2)16-20-11-13-24(14-12-20)36-18-21-7-4-3-5-8-21/h3-15,25-26H,16-18H2,1-2H3,(H,30,32)(H,31,33)/t25-,26+/m0/s1. The SMILES string of the molecule is COC(=O)[C@@H](Cc1ccc(OCc2ccccc2)cc1)NC(=O)[C@H](Cc1cccc(F)c1)NC(C)=O. The van der Waals surface area contributed by atoms with Crippen LogP contribution in [-0.4, -0.2) is 37.0 Å². The molecule has 3 aromatic rings. The molecule has 0 aromatic heterocycles. The van der Waals surface area contributed by atoms with E-state index < -0.39 is 35.7 Å². The molecule has 0 bridgehead atoms. The van der Waals surface area contributed by atoms with Gasteiger partial charge in [0, 0.05) is 19.8 Å². The minimum Gasteiger partial charge on any atom is -0.489 e. The number of ether oxygens (including phenoxy) is 2.